The molecule has 2 aliphatic rings. The van der Waals surface area contributed by atoms with Gasteiger partial charge >= 0.3 is 0 Å². The van der Waals surface area contributed by atoms with Crippen molar-refractivity contribution in [2.24, 2.45) is 0 Å². The van der Waals surface area contributed by atoms with Crippen molar-refractivity contribution >= 4 is 45.5 Å². The lowest BCUT2D eigenvalue weighted by molar-refractivity contribution is 0.584. The molecule has 6 aromatic rings. The summed E-state index contributed by atoms with van der Waals surface area (Å²) >= 11 is 0. The smallest absolute Gasteiger partial charge is 0.166 e. The van der Waals surface area contributed by atoms with E-state index in [0.29, 0.717) is 101 Å². The molecular formula is C55H58F4N4. The molecule has 0 unspecified atom stereocenters. The lowest BCUT2D eigenvalue weighted by Crippen LogP contribution is -2.34. The standard InChI is InChI=1S/C55H58F4N4/c1-10-34-25-41(26-35(11-2)50(34)56)60-46-21-17-18-22-47(46)61(42-27-36(12-3)51(57)37(13-4)28-42)54(60)55-62(43-29-38(14-5)52(58)39(15-6)30-43)48-23-19-20-24-49(48)63(55)44-31-40(16-7)53(59)45(32-44)33(8)9/h17-33H,10-16H2,1-9H3. The highest BCUT2D eigenvalue weighted by molar-refractivity contribution is 6.00. The van der Waals surface area contributed by atoms with Gasteiger partial charge < -0.3 is 0 Å². The van der Waals surface area contributed by atoms with Crippen LogP contribution in [-0.2, 0) is 44.9 Å². The Morgan fingerprint density at radius 1 is 0.349 bits per heavy atom. The van der Waals surface area contributed by atoms with Crippen molar-refractivity contribution in [3.63, 3.8) is 0 Å². The van der Waals surface area contributed by atoms with Crippen molar-refractivity contribution in [3.05, 3.63) is 176 Å². The zero-order valence-corrected chi connectivity index (χ0v) is 38.1. The van der Waals surface area contributed by atoms with Gasteiger partial charge in [-0.15, -0.1) is 0 Å². The summed E-state index contributed by atoms with van der Waals surface area (Å²) in [5, 5.41) is 0. The molecule has 0 spiro atoms. The van der Waals surface area contributed by atoms with Gasteiger partial charge in [0, 0.05) is 22.7 Å². The highest BCUT2D eigenvalue weighted by atomic mass is 19.1. The first-order valence-corrected chi connectivity index (χ1v) is 22.8. The largest absolute Gasteiger partial charge is 0.291 e. The average Bonchev–Trinajstić information content (AvgIpc) is 3.82. The topological polar surface area (TPSA) is 13.0 Å². The van der Waals surface area contributed by atoms with Crippen LogP contribution >= 0.6 is 0 Å². The molecule has 63 heavy (non-hydrogen) atoms. The number of halogens is 4. The summed E-state index contributed by atoms with van der Waals surface area (Å²) in [7, 11) is 0. The minimum Gasteiger partial charge on any atom is -0.291 e. The Morgan fingerprint density at radius 3 is 0.794 bits per heavy atom. The number of rotatable bonds is 12. The Hall–Kier alpha value is -6.02. The highest BCUT2D eigenvalue weighted by Gasteiger charge is 2.45. The van der Waals surface area contributed by atoms with E-state index < -0.39 is 0 Å². The van der Waals surface area contributed by atoms with Crippen molar-refractivity contribution in [1.29, 1.82) is 0 Å². The molecule has 2 heterocycles. The fourth-order valence-corrected chi connectivity index (χ4v) is 9.41. The summed E-state index contributed by atoms with van der Waals surface area (Å²) in [6.07, 6.45) is 3.41. The molecule has 0 aliphatic carbocycles. The molecular weight excluding hydrogens is 793 g/mol. The quantitative estimate of drug-likeness (QED) is 0.114. The van der Waals surface area contributed by atoms with E-state index >= 15 is 17.6 Å². The molecule has 8 rings (SSSR count). The third-order valence-electron chi connectivity index (χ3n) is 12.9. The Balaban J connectivity index is 1.61. The van der Waals surface area contributed by atoms with Gasteiger partial charge in [0.05, 0.1) is 22.7 Å². The number of nitrogens with zero attached hydrogens (tertiary/aromatic N) is 4. The van der Waals surface area contributed by atoms with E-state index in [1.54, 1.807) is 0 Å². The van der Waals surface area contributed by atoms with E-state index in [9.17, 15) is 0 Å². The van der Waals surface area contributed by atoms with Gasteiger partial charge in [-0.1, -0.05) is 86.6 Å². The van der Waals surface area contributed by atoms with Crippen LogP contribution in [0.5, 0.6) is 0 Å². The van der Waals surface area contributed by atoms with Crippen LogP contribution < -0.4 is 19.6 Å². The maximum absolute atomic E-state index is 16.4. The van der Waals surface area contributed by atoms with Crippen LogP contribution in [0.2, 0.25) is 0 Å². The summed E-state index contributed by atoms with van der Waals surface area (Å²) in [5.41, 5.74) is 11.3. The van der Waals surface area contributed by atoms with Crippen LogP contribution in [0.25, 0.3) is 0 Å². The Bertz CT molecular complexity index is 2590. The van der Waals surface area contributed by atoms with Crippen molar-refractivity contribution in [1.82, 2.24) is 0 Å². The van der Waals surface area contributed by atoms with Gasteiger partial charge in [0.1, 0.15) is 23.3 Å². The van der Waals surface area contributed by atoms with Gasteiger partial charge in [0.2, 0.25) is 0 Å². The third kappa shape index (κ3) is 7.25. The number of fused-ring (bicyclic) bond motifs is 2. The molecule has 0 N–H and O–H groups in total. The molecule has 0 saturated carbocycles. The minimum atomic E-state index is -0.207. The van der Waals surface area contributed by atoms with Gasteiger partial charge in [-0.2, -0.15) is 0 Å². The monoisotopic (exact) mass is 850 g/mol. The minimum absolute atomic E-state index is 0.112. The molecule has 0 atom stereocenters. The van der Waals surface area contributed by atoms with Crippen LogP contribution in [0.4, 0.5) is 63.1 Å². The summed E-state index contributed by atoms with van der Waals surface area (Å²) < 4.78 is 64.8. The fraction of sp³-hybridized carbons (Fsp3) is 0.309. The molecule has 0 fully saturated rings. The predicted octanol–water partition coefficient (Wildman–Crippen LogP) is 15.7. The molecule has 8 heteroatoms. The molecule has 0 bridgehead atoms. The van der Waals surface area contributed by atoms with Crippen molar-refractivity contribution in [3.8, 4) is 0 Å². The van der Waals surface area contributed by atoms with Gasteiger partial charge in [0.25, 0.3) is 0 Å². The second-order valence-corrected chi connectivity index (χ2v) is 16.8. The Morgan fingerprint density at radius 2 is 0.571 bits per heavy atom. The number of hydrogen-bond acceptors (Lipinski definition) is 4. The molecule has 0 aromatic heterocycles. The first-order chi connectivity index (χ1) is 30.4. The van der Waals surface area contributed by atoms with Crippen molar-refractivity contribution < 1.29 is 17.6 Å². The van der Waals surface area contributed by atoms with Gasteiger partial charge in [-0.25, -0.2) is 17.6 Å². The summed E-state index contributed by atoms with van der Waals surface area (Å²) in [5.74, 6) is 0.465. The predicted molar refractivity (Wildman–Crippen MR) is 254 cm³/mol. The van der Waals surface area contributed by atoms with Gasteiger partial charge in [-0.05, 0) is 168 Å². The molecule has 0 amide bonds. The number of hydrogen-bond donors (Lipinski definition) is 0. The first-order valence-electron chi connectivity index (χ1n) is 22.8. The van der Waals surface area contributed by atoms with Crippen LogP contribution in [0.15, 0.2) is 109 Å². The number of para-hydroxylation sites is 4. The van der Waals surface area contributed by atoms with E-state index in [1.807, 2.05) is 135 Å². The zero-order valence-electron chi connectivity index (χ0n) is 38.1. The molecule has 6 aromatic carbocycles. The van der Waals surface area contributed by atoms with E-state index in [0.717, 1.165) is 45.5 Å². The van der Waals surface area contributed by atoms with Gasteiger partial charge in [-0.3, -0.25) is 19.6 Å². The van der Waals surface area contributed by atoms with Crippen LogP contribution in [0.3, 0.4) is 0 Å². The second kappa shape index (κ2) is 17.6. The SMILES string of the molecule is CCc1cc(N2C(=C3N(c4cc(CC)c(F)c(CC)c4)c4ccccc4N3c3cc(CC)c(F)c(C(C)C)c3)N(c3cc(CC)c(F)c(CC)c3)c3ccccc32)cc(CC)c1F. The average molecular weight is 851 g/mol. The second-order valence-electron chi connectivity index (χ2n) is 16.8. The summed E-state index contributed by atoms with van der Waals surface area (Å²) in [4.78, 5) is 8.81. The van der Waals surface area contributed by atoms with Crippen molar-refractivity contribution in [2.45, 2.75) is 113 Å². The molecule has 0 saturated heterocycles. The molecule has 2 aliphatic heterocycles. The van der Waals surface area contributed by atoms with E-state index in [4.69, 9.17) is 0 Å². The van der Waals surface area contributed by atoms with E-state index in [1.165, 1.54) is 0 Å². The van der Waals surface area contributed by atoms with Crippen LogP contribution in [-0.4, -0.2) is 0 Å². The summed E-state index contributed by atoms with van der Waals surface area (Å²) in [6.45, 7) is 17.8. The maximum atomic E-state index is 16.4. The van der Waals surface area contributed by atoms with Crippen LogP contribution in [0.1, 0.15) is 113 Å². The Kier molecular flexibility index (Phi) is 12.2. The molecule has 326 valence electrons. The number of aryl methyl sites for hydroxylation is 7. The normalized spacial score (nSPS) is 13.6. The van der Waals surface area contributed by atoms with E-state index in [2.05, 4.69) is 43.9 Å². The van der Waals surface area contributed by atoms with Gasteiger partial charge in [0.15, 0.2) is 11.6 Å². The van der Waals surface area contributed by atoms with Crippen LogP contribution in [0, 0.1) is 23.3 Å². The summed E-state index contributed by atoms with van der Waals surface area (Å²) in [6, 6.07) is 31.9. The molecule has 0 radical (unpaired) electrons. The highest BCUT2D eigenvalue weighted by Crippen LogP contribution is 2.58. The molecule has 4 nitrogen and oxygen atoms in total. The lowest BCUT2D eigenvalue weighted by atomic mass is 9.97. The number of benzene rings is 6. The first kappa shape index (κ1) is 43.6. The fourth-order valence-electron chi connectivity index (χ4n) is 9.41. The van der Waals surface area contributed by atoms with E-state index in [-0.39, 0.29) is 29.2 Å². The third-order valence-corrected chi connectivity index (χ3v) is 12.9. The maximum Gasteiger partial charge on any atom is 0.166 e. The Labute approximate surface area is 371 Å². The van der Waals surface area contributed by atoms with Crippen molar-refractivity contribution in [2.75, 3.05) is 19.6 Å². The lowest BCUT2D eigenvalue weighted by Gasteiger charge is -2.35. The zero-order chi connectivity index (χ0) is 44.9. The number of anilines is 8.